The quantitative estimate of drug-likeness (QED) is 0.610. The number of hydrogen-bond acceptors (Lipinski definition) is 6. The molecule has 0 bridgehead atoms. The lowest BCUT2D eigenvalue weighted by Gasteiger charge is -2.14. The predicted molar refractivity (Wildman–Crippen MR) is 94.8 cm³/mol. The minimum absolute atomic E-state index is 0.0290. The fraction of sp³-hybridized carbons (Fsp3) is 0.467. The van der Waals surface area contributed by atoms with E-state index in [1.165, 1.54) is 39.4 Å². The van der Waals surface area contributed by atoms with Gasteiger partial charge in [0.1, 0.15) is 0 Å². The van der Waals surface area contributed by atoms with Crippen molar-refractivity contribution in [1.82, 2.24) is 9.62 Å². The van der Waals surface area contributed by atoms with Crippen LogP contribution in [0.1, 0.15) is 17.3 Å². The minimum Gasteiger partial charge on any atom is -0.452 e. The van der Waals surface area contributed by atoms with Crippen LogP contribution in [0.2, 0.25) is 0 Å². The van der Waals surface area contributed by atoms with Gasteiger partial charge in [0.15, 0.2) is 6.61 Å². The molecule has 0 spiro atoms. The second-order valence-electron chi connectivity index (χ2n) is 5.43. The van der Waals surface area contributed by atoms with Gasteiger partial charge in [-0.3, -0.25) is 4.79 Å². The minimum atomic E-state index is -3.73. The third-order valence-corrected chi connectivity index (χ3v) is 5.89. The second-order valence-corrected chi connectivity index (χ2v) is 8.41. The molecule has 0 fully saturated rings. The molecular formula is C15H21BrN2O6S. The van der Waals surface area contributed by atoms with Gasteiger partial charge >= 0.3 is 5.97 Å². The third-order valence-electron chi connectivity index (χ3n) is 3.08. The Morgan fingerprint density at radius 3 is 2.52 bits per heavy atom. The lowest BCUT2D eigenvalue weighted by molar-refractivity contribution is -0.125. The molecule has 0 aliphatic rings. The van der Waals surface area contributed by atoms with E-state index in [-0.39, 0.29) is 16.5 Å². The Bertz CT molecular complexity index is 736. The number of sulfonamides is 1. The molecule has 25 heavy (non-hydrogen) atoms. The van der Waals surface area contributed by atoms with Crippen LogP contribution in [-0.2, 0) is 24.3 Å². The first-order valence-corrected chi connectivity index (χ1v) is 9.50. The summed E-state index contributed by atoms with van der Waals surface area (Å²) in [4.78, 5) is 23.7. The van der Waals surface area contributed by atoms with E-state index < -0.39 is 28.5 Å². The summed E-state index contributed by atoms with van der Waals surface area (Å²) in [7, 11) is 0.552. The number of halogens is 1. The van der Waals surface area contributed by atoms with Gasteiger partial charge in [0.05, 0.1) is 17.1 Å². The van der Waals surface area contributed by atoms with E-state index >= 15 is 0 Å². The molecule has 0 aromatic heterocycles. The average Bonchev–Trinajstić information content (AvgIpc) is 2.52. The zero-order valence-corrected chi connectivity index (χ0v) is 16.8. The van der Waals surface area contributed by atoms with E-state index in [0.29, 0.717) is 11.1 Å². The molecule has 1 aromatic carbocycles. The van der Waals surface area contributed by atoms with Crippen molar-refractivity contribution in [2.75, 3.05) is 34.4 Å². The first-order valence-electron chi connectivity index (χ1n) is 7.27. The van der Waals surface area contributed by atoms with Crippen LogP contribution in [0.15, 0.2) is 27.6 Å². The SMILES string of the molecule is COCC(C)NC(=O)COC(=O)c1ccc(Br)c(S(=O)(=O)N(C)C)c1. The van der Waals surface area contributed by atoms with Crippen LogP contribution in [-0.4, -0.2) is 65.1 Å². The van der Waals surface area contributed by atoms with Crippen molar-refractivity contribution in [1.29, 1.82) is 0 Å². The third kappa shape index (κ3) is 6.07. The van der Waals surface area contributed by atoms with Crippen molar-refractivity contribution in [3.8, 4) is 0 Å². The summed E-state index contributed by atoms with van der Waals surface area (Å²) in [5.41, 5.74) is 0.0290. The molecule has 1 atom stereocenters. The first-order chi connectivity index (χ1) is 11.6. The predicted octanol–water partition coefficient (Wildman–Crippen LogP) is 1.01. The molecule has 0 radical (unpaired) electrons. The van der Waals surface area contributed by atoms with Crippen molar-refractivity contribution in [3.63, 3.8) is 0 Å². The van der Waals surface area contributed by atoms with E-state index in [2.05, 4.69) is 21.2 Å². The number of benzene rings is 1. The van der Waals surface area contributed by atoms with Crippen LogP contribution < -0.4 is 5.32 Å². The van der Waals surface area contributed by atoms with Crippen molar-refractivity contribution < 1.29 is 27.5 Å². The van der Waals surface area contributed by atoms with Crippen molar-refractivity contribution in [3.05, 3.63) is 28.2 Å². The summed E-state index contributed by atoms with van der Waals surface area (Å²) in [6.45, 7) is 1.60. The van der Waals surface area contributed by atoms with Crippen LogP contribution in [0.3, 0.4) is 0 Å². The molecule has 0 saturated heterocycles. The molecule has 1 N–H and O–H groups in total. The average molecular weight is 437 g/mol. The largest absolute Gasteiger partial charge is 0.452 e. The van der Waals surface area contributed by atoms with Gasteiger partial charge in [-0.2, -0.15) is 0 Å². The number of carbonyl (C=O) groups is 2. The summed E-state index contributed by atoms with van der Waals surface area (Å²) in [5, 5.41) is 2.60. The lowest BCUT2D eigenvalue weighted by Crippen LogP contribution is -2.38. The van der Waals surface area contributed by atoms with Crippen LogP contribution >= 0.6 is 15.9 Å². The van der Waals surface area contributed by atoms with Crippen molar-refractivity contribution in [2.24, 2.45) is 0 Å². The van der Waals surface area contributed by atoms with Gasteiger partial charge in [0, 0.05) is 31.7 Å². The van der Waals surface area contributed by atoms with Gasteiger partial charge in [-0.15, -0.1) is 0 Å². The Morgan fingerprint density at radius 1 is 1.32 bits per heavy atom. The Hall–Kier alpha value is -1.49. The highest BCUT2D eigenvalue weighted by Gasteiger charge is 2.23. The Kier molecular flexibility index (Phi) is 8.00. The van der Waals surface area contributed by atoms with Crippen LogP contribution in [0.25, 0.3) is 0 Å². The number of carbonyl (C=O) groups excluding carboxylic acids is 2. The molecule has 8 nitrogen and oxygen atoms in total. The van der Waals surface area contributed by atoms with E-state index in [9.17, 15) is 18.0 Å². The Balaban J connectivity index is 2.82. The highest BCUT2D eigenvalue weighted by Crippen LogP contribution is 2.25. The Labute approximate surface area is 155 Å². The molecule has 1 unspecified atom stereocenters. The second kappa shape index (κ2) is 9.27. The van der Waals surface area contributed by atoms with Gasteiger partial charge in [-0.25, -0.2) is 17.5 Å². The molecule has 0 aliphatic heterocycles. The summed E-state index contributed by atoms with van der Waals surface area (Å²) < 4.78 is 35.7. The fourth-order valence-corrected chi connectivity index (χ4v) is 3.69. The van der Waals surface area contributed by atoms with E-state index in [0.717, 1.165) is 4.31 Å². The van der Waals surface area contributed by atoms with Gasteiger partial charge in [0.25, 0.3) is 5.91 Å². The number of nitrogens with one attached hydrogen (secondary N) is 1. The standard InChI is InChI=1S/C15H21BrN2O6S/c1-10(8-23-4)17-14(19)9-24-15(20)11-5-6-12(16)13(7-11)25(21,22)18(2)3/h5-7,10H,8-9H2,1-4H3,(H,17,19). The van der Waals surface area contributed by atoms with Crippen molar-refractivity contribution in [2.45, 2.75) is 17.9 Å². The number of nitrogens with zero attached hydrogens (tertiary/aromatic N) is 1. The van der Waals surface area contributed by atoms with E-state index in [4.69, 9.17) is 9.47 Å². The number of amides is 1. The highest BCUT2D eigenvalue weighted by atomic mass is 79.9. The van der Waals surface area contributed by atoms with Crippen LogP contribution in [0.5, 0.6) is 0 Å². The molecule has 1 aromatic rings. The van der Waals surface area contributed by atoms with E-state index in [1.807, 2.05) is 0 Å². The highest BCUT2D eigenvalue weighted by molar-refractivity contribution is 9.10. The number of esters is 1. The zero-order chi connectivity index (χ0) is 19.2. The topological polar surface area (TPSA) is 102 Å². The zero-order valence-electron chi connectivity index (χ0n) is 14.4. The summed E-state index contributed by atoms with van der Waals surface area (Å²) in [5.74, 6) is -1.27. The van der Waals surface area contributed by atoms with Crippen LogP contribution in [0.4, 0.5) is 0 Å². The summed E-state index contributed by atoms with van der Waals surface area (Å²) in [6, 6.07) is 3.83. The first kappa shape index (κ1) is 21.6. The number of ether oxygens (including phenoxy) is 2. The molecule has 1 amide bonds. The summed E-state index contributed by atoms with van der Waals surface area (Å²) in [6.07, 6.45) is 0. The number of rotatable bonds is 8. The maximum absolute atomic E-state index is 12.2. The lowest BCUT2D eigenvalue weighted by atomic mass is 10.2. The smallest absolute Gasteiger partial charge is 0.338 e. The van der Waals surface area contributed by atoms with Gasteiger partial charge in [0.2, 0.25) is 10.0 Å². The van der Waals surface area contributed by atoms with Gasteiger partial charge in [-0.05, 0) is 41.1 Å². The molecule has 0 saturated carbocycles. The fourth-order valence-electron chi connectivity index (χ4n) is 1.85. The van der Waals surface area contributed by atoms with Gasteiger partial charge < -0.3 is 14.8 Å². The summed E-state index contributed by atoms with van der Waals surface area (Å²) >= 11 is 3.15. The monoisotopic (exact) mass is 436 g/mol. The molecule has 10 heteroatoms. The molecule has 140 valence electrons. The maximum Gasteiger partial charge on any atom is 0.338 e. The molecule has 1 rings (SSSR count). The molecular weight excluding hydrogens is 416 g/mol. The maximum atomic E-state index is 12.2. The van der Waals surface area contributed by atoms with E-state index in [1.54, 1.807) is 6.92 Å². The number of hydrogen-bond donors (Lipinski definition) is 1. The van der Waals surface area contributed by atoms with Gasteiger partial charge in [-0.1, -0.05) is 0 Å². The number of methoxy groups -OCH3 is 1. The molecule has 0 heterocycles. The van der Waals surface area contributed by atoms with Crippen molar-refractivity contribution >= 4 is 37.8 Å². The van der Waals surface area contributed by atoms with Crippen LogP contribution in [0, 0.1) is 0 Å². The molecule has 0 aliphatic carbocycles. The normalized spacial score (nSPS) is 12.7. The Morgan fingerprint density at radius 2 is 1.96 bits per heavy atom.